The molecule has 0 aromatic heterocycles. The molecule has 0 atom stereocenters. The molecule has 17 heavy (non-hydrogen) atoms. The molecule has 0 saturated carbocycles. The third kappa shape index (κ3) is 6.42. The van der Waals surface area contributed by atoms with Gasteiger partial charge in [0.25, 0.3) is 0 Å². The molecule has 0 amide bonds. The highest BCUT2D eigenvalue weighted by Gasteiger charge is 2.21. The standard InChI is InChI=1S/C15H32O2/c1-7-14(5,8-2)11-16-13-17-12-15(6,9-3)10-4/h7-13H2,1-6H3. The molecule has 0 rings (SSSR count). The predicted octanol–water partition coefficient (Wildman–Crippen LogP) is 4.63. The van der Waals surface area contributed by atoms with Crippen molar-refractivity contribution in [2.45, 2.75) is 67.2 Å². The summed E-state index contributed by atoms with van der Waals surface area (Å²) in [6, 6.07) is 0. The number of rotatable bonds is 10. The van der Waals surface area contributed by atoms with Crippen LogP contribution in [0.5, 0.6) is 0 Å². The van der Waals surface area contributed by atoms with Crippen LogP contribution in [0.25, 0.3) is 0 Å². The van der Waals surface area contributed by atoms with E-state index in [1.54, 1.807) is 0 Å². The van der Waals surface area contributed by atoms with Gasteiger partial charge in [-0.1, -0.05) is 41.5 Å². The lowest BCUT2D eigenvalue weighted by Gasteiger charge is -2.28. The van der Waals surface area contributed by atoms with E-state index in [1.807, 2.05) is 0 Å². The highest BCUT2D eigenvalue weighted by molar-refractivity contribution is 4.70. The molecule has 0 heterocycles. The van der Waals surface area contributed by atoms with Gasteiger partial charge in [0.15, 0.2) is 0 Å². The van der Waals surface area contributed by atoms with E-state index in [1.165, 1.54) is 0 Å². The second-order valence-corrected chi connectivity index (χ2v) is 5.85. The minimum absolute atomic E-state index is 0.308. The first kappa shape index (κ1) is 16.9. The molecule has 0 unspecified atom stereocenters. The van der Waals surface area contributed by atoms with Crippen LogP contribution in [-0.4, -0.2) is 20.0 Å². The van der Waals surface area contributed by atoms with Gasteiger partial charge in [0.1, 0.15) is 6.79 Å². The molecular weight excluding hydrogens is 212 g/mol. The van der Waals surface area contributed by atoms with E-state index in [0.29, 0.717) is 17.6 Å². The van der Waals surface area contributed by atoms with Crippen LogP contribution in [-0.2, 0) is 9.47 Å². The van der Waals surface area contributed by atoms with E-state index in [9.17, 15) is 0 Å². The van der Waals surface area contributed by atoms with Crippen LogP contribution in [0.4, 0.5) is 0 Å². The zero-order valence-corrected chi connectivity index (χ0v) is 12.8. The molecule has 104 valence electrons. The lowest BCUT2D eigenvalue weighted by Crippen LogP contribution is -2.25. The van der Waals surface area contributed by atoms with Crippen molar-refractivity contribution in [3.05, 3.63) is 0 Å². The van der Waals surface area contributed by atoms with Gasteiger partial charge in [-0.3, -0.25) is 0 Å². The summed E-state index contributed by atoms with van der Waals surface area (Å²) in [6.07, 6.45) is 4.63. The quantitative estimate of drug-likeness (QED) is 0.412. The Bertz CT molecular complexity index is 161. The average molecular weight is 244 g/mol. The second kappa shape index (κ2) is 8.10. The fourth-order valence-corrected chi connectivity index (χ4v) is 1.54. The maximum absolute atomic E-state index is 5.64. The summed E-state index contributed by atoms with van der Waals surface area (Å²) in [6.45, 7) is 15.5. The molecule has 0 aliphatic carbocycles. The van der Waals surface area contributed by atoms with Crippen molar-refractivity contribution in [3.63, 3.8) is 0 Å². The molecule has 0 aromatic carbocycles. The molecule has 0 fully saturated rings. The smallest absolute Gasteiger partial charge is 0.146 e. The lowest BCUT2D eigenvalue weighted by atomic mass is 9.86. The van der Waals surface area contributed by atoms with Crippen molar-refractivity contribution in [2.75, 3.05) is 20.0 Å². The molecule has 0 bridgehead atoms. The minimum atomic E-state index is 0.308. The first-order valence-corrected chi connectivity index (χ1v) is 7.10. The van der Waals surface area contributed by atoms with Gasteiger partial charge in [0.05, 0.1) is 13.2 Å². The number of hydrogen-bond acceptors (Lipinski definition) is 2. The maximum Gasteiger partial charge on any atom is 0.146 e. The van der Waals surface area contributed by atoms with E-state index >= 15 is 0 Å². The van der Waals surface area contributed by atoms with Crippen molar-refractivity contribution >= 4 is 0 Å². The van der Waals surface area contributed by atoms with E-state index in [2.05, 4.69) is 41.5 Å². The summed E-state index contributed by atoms with van der Waals surface area (Å²) < 4.78 is 11.3. The first-order chi connectivity index (χ1) is 7.95. The van der Waals surface area contributed by atoms with Crippen molar-refractivity contribution in [1.82, 2.24) is 0 Å². The summed E-state index contributed by atoms with van der Waals surface area (Å²) in [4.78, 5) is 0. The van der Waals surface area contributed by atoms with Gasteiger partial charge < -0.3 is 9.47 Å². The fraction of sp³-hybridized carbons (Fsp3) is 1.00. The van der Waals surface area contributed by atoms with Gasteiger partial charge >= 0.3 is 0 Å². The van der Waals surface area contributed by atoms with Gasteiger partial charge in [-0.15, -0.1) is 0 Å². The van der Waals surface area contributed by atoms with E-state index in [-0.39, 0.29) is 0 Å². The van der Waals surface area contributed by atoms with Crippen LogP contribution in [0, 0.1) is 10.8 Å². The monoisotopic (exact) mass is 244 g/mol. The summed E-state index contributed by atoms with van der Waals surface area (Å²) in [7, 11) is 0. The number of hydrogen-bond donors (Lipinski definition) is 0. The van der Waals surface area contributed by atoms with Crippen LogP contribution < -0.4 is 0 Å². The fourth-order valence-electron chi connectivity index (χ4n) is 1.54. The van der Waals surface area contributed by atoms with Crippen molar-refractivity contribution in [2.24, 2.45) is 10.8 Å². The average Bonchev–Trinajstić information content (AvgIpc) is 2.37. The summed E-state index contributed by atoms with van der Waals surface area (Å²) in [5, 5.41) is 0. The van der Waals surface area contributed by atoms with Gasteiger partial charge in [-0.25, -0.2) is 0 Å². The second-order valence-electron chi connectivity index (χ2n) is 5.85. The van der Waals surface area contributed by atoms with Crippen LogP contribution in [0.2, 0.25) is 0 Å². The zero-order chi connectivity index (χ0) is 13.4. The van der Waals surface area contributed by atoms with Crippen molar-refractivity contribution in [3.8, 4) is 0 Å². The number of ether oxygens (including phenoxy) is 2. The Morgan fingerprint density at radius 3 is 1.18 bits per heavy atom. The molecule has 2 heteroatoms. The lowest BCUT2D eigenvalue weighted by molar-refractivity contribution is -0.101. The Labute approximate surface area is 108 Å². The van der Waals surface area contributed by atoms with Gasteiger partial charge in [-0.2, -0.15) is 0 Å². The van der Waals surface area contributed by atoms with E-state index < -0.39 is 0 Å². The largest absolute Gasteiger partial charge is 0.355 e. The minimum Gasteiger partial charge on any atom is -0.355 e. The Kier molecular flexibility index (Phi) is 8.06. The van der Waals surface area contributed by atoms with Crippen LogP contribution in [0.3, 0.4) is 0 Å². The molecule has 0 radical (unpaired) electrons. The molecule has 0 spiro atoms. The van der Waals surface area contributed by atoms with E-state index in [4.69, 9.17) is 9.47 Å². The third-order valence-electron chi connectivity index (χ3n) is 4.48. The SMILES string of the molecule is CCC(C)(CC)COCOCC(C)(CC)CC. The Balaban J connectivity index is 3.72. The maximum atomic E-state index is 5.64. The summed E-state index contributed by atoms with van der Waals surface area (Å²) >= 11 is 0. The normalized spacial score (nSPS) is 13.1. The highest BCUT2D eigenvalue weighted by Crippen LogP contribution is 2.27. The van der Waals surface area contributed by atoms with E-state index in [0.717, 1.165) is 38.9 Å². The molecule has 0 aromatic rings. The molecular formula is C15H32O2. The zero-order valence-electron chi connectivity index (χ0n) is 12.8. The predicted molar refractivity (Wildman–Crippen MR) is 74.1 cm³/mol. The summed E-state index contributed by atoms with van der Waals surface area (Å²) in [5.41, 5.74) is 0.615. The molecule has 0 N–H and O–H groups in total. The van der Waals surface area contributed by atoms with Gasteiger partial charge in [0, 0.05) is 0 Å². The Morgan fingerprint density at radius 2 is 0.941 bits per heavy atom. The topological polar surface area (TPSA) is 18.5 Å². The summed E-state index contributed by atoms with van der Waals surface area (Å²) in [5.74, 6) is 0. The molecule has 0 saturated heterocycles. The molecule has 0 aliphatic heterocycles. The van der Waals surface area contributed by atoms with Crippen molar-refractivity contribution in [1.29, 1.82) is 0 Å². The Hall–Kier alpha value is -0.0800. The third-order valence-corrected chi connectivity index (χ3v) is 4.48. The first-order valence-electron chi connectivity index (χ1n) is 7.10. The van der Waals surface area contributed by atoms with Crippen LogP contribution in [0.15, 0.2) is 0 Å². The van der Waals surface area contributed by atoms with Gasteiger partial charge in [0.2, 0.25) is 0 Å². The highest BCUT2D eigenvalue weighted by atomic mass is 16.7. The van der Waals surface area contributed by atoms with Gasteiger partial charge in [-0.05, 0) is 36.5 Å². The van der Waals surface area contributed by atoms with Crippen LogP contribution >= 0.6 is 0 Å². The molecule has 2 nitrogen and oxygen atoms in total. The van der Waals surface area contributed by atoms with Crippen LogP contribution in [0.1, 0.15) is 67.2 Å². The Morgan fingerprint density at radius 1 is 0.647 bits per heavy atom. The van der Waals surface area contributed by atoms with Crippen molar-refractivity contribution < 1.29 is 9.47 Å². The molecule has 0 aliphatic rings.